The van der Waals surface area contributed by atoms with Crippen LogP contribution < -0.4 is 21.3 Å². The van der Waals surface area contributed by atoms with E-state index in [4.69, 9.17) is 23.2 Å². The van der Waals surface area contributed by atoms with Gasteiger partial charge < -0.3 is 26.2 Å². The van der Waals surface area contributed by atoms with Gasteiger partial charge in [0.2, 0.25) is 11.7 Å². The highest BCUT2D eigenvalue weighted by Crippen LogP contribution is 2.39. The van der Waals surface area contributed by atoms with Crippen molar-refractivity contribution in [1.29, 1.82) is 0 Å². The predicted molar refractivity (Wildman–Crippen MR) is 199 cm³/mol. The Morgan fingerprint density at radius 1 is 0.980 bits per heavy atom. The molecular weight excluding hydrogens is 808 g/mol. The zero-order chi connectivity index (χ0) is 36.7. The van der Waals surface area contributed by atoms with E-state index in [9.17, 15) is 32.4 Å². The smallest absolute Gasteiger partial charge is 0.315 e. The summed E-state index contributed by atoms with van der Waals surface area (Å²) in [5.41, 5.74) is -1.77. The van der Waals surface area contributed by atoms with Crippen molar-refractivity contribution < 1.29 is 32.4 Å². The van der Waals surface area contributed by atoms with Crippen LogP contribution in [0.25, 0.3) is 0 Å². The van der Waals surface area contributed by atoms with Gasteiger partial charge in [0.1, 0.15) is 10.9 Å². The lowest BCUT2D eigenvalue weighted by atomic mass is 9.78. The summed E-state index contributed by atoms with van der Waals surface area (Å²) in [5.74, 6) is -3.10. The Kier molecular flexibility index (Phi) is 15.3. The van der Waals surface area contributed by atoms with Gasteiger partial charge in [0.15, 0.2) is 13.9 Å². The van der Waals surface area contributed by atoms with Crippen molar-refractivity contribution in [2.24, 2.45) is 11.3 Å². The molecule has 1 aliphatic heterocycles. The van der Waals surface area contributed by atoms with Crippen molar-refractivity contribution >= 4 is 85.2 Å². The highest BCUT2D eigenvalue weighted by Gasteiger charge is 2.50. The maximum Gasteiger partial charge on any atom is 0.315 e. The number of Topliss-reactive ketones (excluding diaryl/α,β-unsaturated/α-hetero) is 1. The van der Waals surface area contributed by atoms with E-state index in [0.29, 0.717) is 32.1 Å². The molecule has 16 heteroatoms. The lowest BCUT2D eigenvalue weighted by molar-refractivity contribution is -0.143. The molecule has 4 N–H and O–H groups in total. The van der Waals surface area contributed by atoms with Crippen LogP contribution in [0.4, 0.5) is 4.79 Å². The molecule has 0 aromatic carbocycles. The van der Waals surface area contributed by atoms with Crippen LogP contribution in [0.5, 0.6) is 0 Å². The summed E-state index contributed by atoms with van der Waals surface area (Å²) in [7, 11) is -3.39. The minimum Gasteiger partial charge on any atom is -0.347 e. The summed E-state index contributed by atoms with van der Waals surface area (Å²) in [6, 6.07) is -2.90. The minimum atomic E-state index is -3.39. The van der Waals surface area contributed by atoms with Gasteiger partial charge in [-0.2, -0.15) is 0 Å². The molecule has 1 saturated heterocycles. The number of hydrogen-bond acceptors (Lipinski definition) is 7. The van der Waals surface area contributed by atoms with Crippen LogP contribution in [0.1, 0.15) is 112 Å². The molecule has 280 valence electrons. The van der Waals surface area contributed by atoms with Crippen molar-refractivity contribution in [1.82, 2.24) is 26.2 Å². The van der Waals surface area contributed by atoms with Gasteiger partial charge in [0, 0.05) is 18.5 Å². The van der Waals surface area contributed by atoms with Crippen LogP contribution in [0.3, 0.4) is 0 Å². The fraction of sp³-hybridized carbons (Fsp3) is 0.848. The molecule has 49 heavy (non-hydrogen) atoms. The fourth-order valence-electron chi connectivity index (χ4n) is 6.72. The summed E-state index contributed by atoms with van der Waals surface area (Å²) in [5, 5.41) is 10.6. The first-order valence-corrected chi connectivity index (χ1v) is 21.3. The van der Waals surface area contributed by atoms with Gasteiger partial charge in [-0.15, -0.1) is 23.2 Å². The van der Waals surface area contributed by atoms with Gasteiger partial charge in [-0.25, -0.2) is 13.2 Å². The zero-order valence-electron chi connectivity index (χ0n) is 29.3. The average molecular weight is 863 g/mol. The van der Waals surface area contributed by atoms with Gasteiger partial charge in [0.05, 0.1) is 22.6 Å². The molecule has 2 aliphatic carbocycles. The molecule has 5 atom stereocenters. The second-order valence-corrected chi connectivity index (χ2v) is 19.7. The largest absolute Gasteiger partial charge is 0.347 e. The molecule has 3 rings (SSSR count). The Morgan fingerprint density at radius 2 is 1.61 bits per heavy atom. The van der Waals surface area contributed by atoms with Crippen molar-refractivity contribution in [2.45, 2.75) is 149 Å². The third-order valence-electron chi connectivity index (χ3n) is 9.75. The molecule has 0 bridgehead atoms. The maximum atomic E-state index is 14.5. The number of carbonyl (C=O) groups excluding carboxylic acids is 5. The van der Waals surface area contributed by atoms with E-state index < -0.39 is 82.5 Å². The normalized spacial score (nSPS) is 22.7. The molecule has 0 aromatic rings. The standard InChI is InChI=1S/C33H54Cl2IN5O7S/c1-6-7-12-22(24(42)28(43)37-21-14-15-21)38-29(44)27(36)41(19-20(2)26(34)35)30(45)25(32(3,4)5)39-31(46)40-33(16-9-8-10-17-33)23-13-11-18-49(23,47)48/h20-23,25-27H,6-19H2,1-5H3,(H,37,43)(H,38,44)(H2,39,40,46)/t20-,22+,23?,25-,27-/m1/s1. The summed E-state index contributed by atoms with van der Waals surface area (Å²) >= 11 is 14.2. The predicted octanol–water partition coefficient (Wildman–Crippen LogP) is 4.53. The van der Waals surface area contributed by atoms with E-state index in [0.717, 1.165) is 38.5 Å². The number of hydrogen-bond donors (Lipinski definition) is 4. The number of carbonyl (C=O) groups is 5. The molecule has 5 amide bonds. The first kappa shape index (κ1) is 42.0. The van der Waals surface area contributed by atoms with Crippen LogP contribution in [0, 0.1) is 11.3 Å². The number of urea groups is 1. The minimum absolute atomic E-state index is 0.0282. The monoisotopic (exact) mass is 861 g/mol. The first-order valence-electron chi connectivity index (χ1n) is 17.5. The van der Waals surface area contributed by atoms with Gasteiger partial charge in [-0.05, 0) is 73.0 Å². The molecular formula is C33H54Cl2IN5O7S. The quantitative estimate of drug-likeness (QED) is 0.0765. The second kappa shape index (κ2) is 17.9. The van der Waals surface area contributed by atoms with E-state index in [1.165, 1.54) is 4.90 Å². The number of nitrogens with one attached hydrogen (secondary N) is 4. The van der Waals surface area contributed by atoms with E-state index in [-0.39, 0.29) is 24.8 Å². The number of alkyl halides is 3. The number of unbranched alkanes of at least 4 members (excludes halogenated alkanes) is 1. The van der Waals surface area contributed by atoms with Crippen LogP contribution >= 0.6 is 45.8 Å². The van der Waals surface area contributed by atoms with Gasteiger partial charge in [-0.3, -0.25) is 19.2 Å². The molecule has 0 spiro atoms. The summed E-state index contributed by atoms with van der Waals surface area (Å²) < 4.78 is 24.9. The van der Waals surface area contributed by atoms with Crippen LogP contribution in [-0.2, 0) is 29.0 Å². The summed E-state index contributed by atoms with van der Waals surface area (Å²) in [4.78, 5) is 68.1. The third kappa shape index (κ3) is 11.6. The molecule has 3 aliphatic rings. The lowest BCUT2D eigenvalue weighted by Crippen LogP contribution is -2.65. The average Bonchev–Trinajstić information content (AvgIpc) is 3.77. The third-order valence-corrected chi connectivity index (χ3v) is 14.3. The molecule has 1 heterocycles. The van der Waals surface area contributed by atoms with Crippen molar-refractivity contribution in [3.63, 3.8) is 0 Å². The second-order valence-electron chi connectivity index (χ2n) is 15.1. The zero-order valence-corrected chi connectivity index (χ0v) is 33.8. The maximum absolute atomic E-state index is 14.5. The van der Waals surface area contributed by atoms with Crippen molar-refractivity contribution in [3.8, 4) is 0 Å². The Bertz CT molecular complexity index is 1320. The number of amides is 5. The number of halogens is 3. The molecule has 1 unspecified atom stereocenters. The van der Waals surface area contributed by atoms with Gasteiger partial charge in [-0.1, -0.05) is 66.7 Å². The lowest BCUT2D eigenvalue weighted by Gasteiger charge is -2.43. The Balaban J connectivity index is 1.86. The number of ketones is 1. The van der Waals surface area contributed by atoms with E-state index in [1.54, 1.807) is 27.7 Å². The van der Waals surface area contributed by atoms with Crippen molar-refractivity contribution in [3.05, 3.63) is 0 Å². The fourth-order valence-corrected chi connectivity index (χ4v) is 9.92. The van der Waals surface area contributed by atoms with Crippen LogP contribution in [0.2, 0.25) is 0 Å². The Morgan fingerprint density at radius 3 is 2.12 bits per heavy atom. The van der Waals surface area contributed by atoms with Crippen LogP contribution in [-0.4, -0.2) is 93.0 Å². The molecule has 3 fully saturated rings. The van der Waals surface area contributed by atoms with E-state index in [2.05, 4.69) is 21.3 Å². The van der Waals surface area contributed by atoms with Crippen molar-refractivity contribution in [2.75, 3.05) is 12.3 Å². The van der Waals surface area contributed by atoms with E-state index in [1.807, 2.05) is 29.5 Å². The molecule has 2 saturated carbocycles. The Hall–Kier alpha value is -1.39. The SMILES string of the molecule is CCCC[C@H](NC(=O)[C@H](I)N(C[C@@H](C)C(Cl)Cl)C(=O)[C@@H](NC(=O)NC1(C2CCCS2(=O)=O)CCCCC1)C(C)(C)C)C(=O)C(=O)NC1CC1. The van der Waals surface area contributed by atoms with Crippen LogP contribution in [0.15, 0.2) is 0 Å². The van der Waals surface area contributed by atoms with Gasteiger partial charge in [0.25, 0.3) is 11.8 Å². The van der Waals surface area contributed by atoms with E-state index >= 15 is 0 Å². The molecule has 0 aromatic heterocycles. The first-order chi connectivity index (χ1) is 22.8. The van der Waals surface area contributed by atoms with Gasteiger partial charge >= 0.3 is 6.03 Å². The molecule has 0 radical (unpaired) electrons. The topological polar surface area (TPSA) is 171 Å². The summed E-state index contributed by atoms with van der Waals surface area (Å²) in [6.45, 7) is 8.95. The molecule has 12 nitrogen and oxygen atoms in total. The summed E-state index contributed by atoms with van der Waals surface area (Å²) in [6.07, 6.45) is 7.79. The number of rotatable bonds is 16. The highest BCUT2D eigenvalue weighted by molar-refractivity contribution is 14.1. The Labute approximate surface area is 315 Å². The number of nitrogens with zero attached hydrogens (tertiary/aromatic N) is 1. The highest BCUT2D eigenvalue weighted by atomic mass is 127. The number of sulfone groups is 1.